The maximum atomic E-state index is 13.1. The van der Waals surface area contributed by atoms with Crippen molar-refractivity contribution in [1.82, 2.24) is 5.32 Å². The molecule has 0 aromatic heterocycles. The largest absolute Gasteiger partial charge is 0.352 e. The van der Waals surface area contributed by atoms with Crippen LogP contribution < -0.4 is 10.0 Å². The molecule has 1 aliphatic carbocycles. The molecule has 1 unspecified atom stereocenters. The van der Waals surface area contributed by atoms with Gasteiger partial charge in [-0.25, -0.2) is 8.42 Å². The lowest BCUT2D eigenvalue weighted by atomic mass is 9.91. The molecule has 168 valence electrons. The normalized spacial score (nSPS) is 18.8. The number of hydrogen-bond acceptors (Lipinski definition) is 5. The Morgan fingerprint density at radius 1 is 1.00 bits per heavy atom. The SMILES string of the molecule is Cc1cc(C)cc(NS(=O)(=O)c2ccc3c(c2)C(=O)C(C(=O)NC2CCCCC2)C=N3)c1. The van der Waals surface area contributed by atoms with Crippen LogP contribution in [-0.4, -0.2) is 32.4 Å². The molecule has 1 fully saturated rings. The van der Waals surface area contributed by atoms with Gasteiger partial charge in [0.2, 0.25) is 5.91 Å². The number of benzene rings is 2. The van der Waals surface area contributed by atoms with Crippen LogP contribution in [0.2, 0.25) is 0 Å². The minimum Gasteiger partial charge on any atom is -0.352 e. The van der Waals surface area contributed by atoms with Crippen LogP contribution >= 0.6 is 0 Å². The highest BCUT2D eigenvalue weighted by atomic mass is 32.2. The molecule has 2 aliphatic rings. The summed E-state index contributed by atoms with van der Waals surface area (Å²) < 4.78 is 28.5. The van der Waals surface area contributed by atoms with Crippen molar-refractivity contribution in [1.29, 1.82) is 0 Å². The minimum atomic E-state index is -3.92. The quantitative estimate of drug-likeness (QED) is 0.666. The summed E-state index contributed by atoms with van der Waals surface area (Å²) in [5.41, 5.74) is 2.82. The van der Waals surface area contributed by atoms with Crippen molar-refractivity contribution >= 4 is 39.3 Å². The van der Waals surface area contributed by atoms with E-state index in [4.69, 9.17) is 0 Å². The first-order valence-corrected chi connectivity index (χ1v) is 12.4. The Morgan fingerprint density at radius 2 is 1.69 bits per heavy atom. The summed E-state index contributed by atoms with van der Waals surface area (Å²) in [6.45, 7) is 3.78. The molecule has 4 rings (SSSR count). The fourth-order valence-electron chi connectivity index (χ4n) is 4.35. The monoisotopic (exact) mass is 453 g/mol. The highest BCUT2D eigenvalue weighted by molar-refractivity contribution is 7.92. The Kier molecular flexibility index (Phi) is 6.15. The summed E-state index contributed by atoms with van der Waals surface area (Å²) in [5, 5.41) is 2.96. The van der Waals surface area contributed by atoms with E-state index in [-0.39, 0.29) is 22.4 Å². The molecule has 2 aromatic rings. The van der Waals surface area contributed by atoms with Gasteiger partial charge in [-0.05, 0) is 68.1 Å². The average molecular weight is 454 g/mol. The van der Waals surface area contributed by atoms with Gasteiger partial charge in [-0.15, -0.1) is 0 Å². The van der Waals surface area contributed by atoms with Gasteiger partial charge in [-0.1, -0.05) is 25.3 Å². The van der Waals surface area contributed by atoms with Crippen molar-refractivity contribution in [2.45, 2.75) is 56.9 Å². The molecular weight excluding hydrogens is 426 g/mol. The average Bonchev–Trinajstić information content (AvgIpc) is 2.73. The van der Waals surface area contributed by atoms with Crippen molar-refractivity contribution in [3.05, 3.63) is 53.1 Å². The molecular formula is C24H27N3O4S. The molecule has 0 bridgehead atoms. The number of rotatable bonds is 5. The second kappa shape index (κ2) is 8.86. The molecule has 1 saturated carbocycles. The van der Waals surface area contributed by atoms with Crippen LogP contribution in [0.1, 0.15) is 53.6 Å². The molecule has 1 heterocycles. The van der Waals surface area contributed by atoms with Gasteiger partial charge in [0, 0.05) is 23.5 Å². The number of aliphatic imine (C=N–C) groups is 1. The van der Waals surface area contributed by atoms with Crippen LogP contribution in [0.15, 0.2) is 46.3 Å². The fraction of sp³-hybridized carbons (Fsp3) is 0.375. The van der Waals surface area contributed by atoms with Gasteiger partial charge in [-0.2, -0.15) is 0 Å². The first kappa shape index (κ1) is 22.2. The maximum Gasteiger partial charge on any atom is 0.261 e. The molecule has 8 heteroatoms. The molecule has 32 heavy (non-hydrogen) atoms. The second-order valence-corrected chi connectivity index (χ2v) is 10.3. The summed E-state index contributed by atoms with van der Waals surface area (Å²) >= 11 is 0. The van der Waals surface area contributed by atoms with E-state index in [0.717, 1.165) is 43.2 Å². The molecule has 0 spiro atoms. The zero-order valence-electron chi connectivity index (χ0n) is 18.2. The third-order valence-electron chi connectivity index (χ3n) is 5.90. The number of ketones is 1. The van der Waals surface area contributed by atoms with Gasteiger partial charge in [0.1, 0.15) is 5.92 Å². The third-order valence-corrected chi connectivity index (χ3v) is 7.28. The summed E-state index contributed by atoms with van der Waals surface area (Å²) in [6.07, 6.45) is 6.46. The van der Waals surface area contributed by atoms with E-state index in [1.165, 1.54) is 24.4 Å². The number of fused-ring (bicyclic) bond motifs is 1. The van der Waals surface area contributed by atoms with E-state index in [2.05, 4.69) is 15.0 Å². The Hall–Kier alpha value is -3.00. The highest BCUT2D eigenvalue weighted by Crippen LogP contribution is 2.30. The Labute approximate surface area is 188 Å². The highest BCUT2D eigenvalue weighted by Gasteiger charge is 2.33. The molecule has 1 amide bonds. The number of hydrogen-bond donors (Lipinski definition) is 2. The number of carbonyl (C=O) groups excluding carboxylic acids is 2. The van der Waals surface area contributed by atoms with Crippen LogP contribution in [0.25, 0.3) is 0 Å². The first-order chi connectivity index (χ1) is 15.2. The van der Waals surface area contributed by atoms with E-state index in [1.54, 1.807) is 12.1 Å². The molecule has 2 aromatic carbocycles. The van der Waals surface area contributed by atoms with Crippen LogP contribution in [-0.2, 0) is 14.8 Å². The molecule has 0 saturated heterocycles. The van der Waals surface area contributed by atoms with Gasteiger partial charge in [0.15, 0.2) is 5.78 Å². The van der Waals surface area contributed by atoms with Crippen LogP contribution in [0.3, 0.4) is 0 Å². The number of carbonyl (C=O) groups is 2. The lowest BCUT2D eigenvalue weighted by molar-refractivity contribution is -0.122. The summed E-state index contributed by atoms with van der Waals surface area (Å²) in [4.78, 5) is 30.0. The molecule has 1 atom stereocenters. The van der Waals surface area contributed by atoms with E-state index in [9.17, 15) is 18.0 Å². The Balaban J connectivity index is 1.56. The Morgan fingerprint density at radius 3 is 2.38 bits per heavy atom. The van der Waals surface area contributed by atoms with E-state index in [1.807, 2.05) is 19.9 Å². The standard InChI is InChI=1S/C24H27N3O4S/c1-15-10-16(2)12-18(11-15)27-32(30,31)19-8-9-22-20(13-19)23(28)21(14-25-22)24(29)26-17-6-4-3-5-7-17/h8-14,17,21,27H,3-7H2,1-2H3,(H,26,29). The lowest BCUT2D eigenvalue weighted by Crippen LogP contribution is -2.43. The molecule has 1 aliphatic heterocycles. The summed E-state index contributed by atoms with van der Waals surface area (Å²) in [7, 11) is -3.92. The lowest BCUT2D eigenvalue weighted by Gasteiger charge is -2.25. The van der Waals surface area contributed by atoms with Crippen LogP contribution in [0, 0.1) is 19.8 Å². The van der Waals surface area contributed by atoms with E-state index in [0.29, 0.717) is 11.4 Å². The van der Waals surface area contributed by atoms with Gasteiger partial charge >= 0.3 is 0 Å². The number of nitrogens with zero attached hydrogens (tertiary/aromatic N) is 1. The van der Waals surface area contributed by atoms with Crippen molar-refractivity contribution in [3.8, 4) is 0 Å². The zero-order valence-corrected chi connectivity index (χ0v) is 19.0. The maximum absolute atomic E-state index is 13.1. The summed E-state index contributed by atoms with van der Waals surface area (Å²) in [5.74, 6) is -1.86. The van der Waals surface area contributed by atoms with Gasteiger partial charge in [-0.3, -0.25) is 19.3 Å². The third kappa shape index (κ3) is 4.75. The van der Waals surface area contributed by atoms with Crippen LogP contribution in [0.4, 0.5) is 11.4 Å². The second-order valence-electron chi connectivity index (χ2n) is 8.62. The molecule has 2 N–H and O–H groups in total. The number of nitrogens with one attached hydrogen (secondary N) is 2. The van der Waals surface area contributed by atoms with Gasteiger partial charge in [0.25, 0.3) is 10.0 Å². The minimum absolute atomic E-state index is 0.0488. The number of sulfonamides is 1. The van der Waals surface area contributed by atoms with Gasteiger partial charge < -0.3 is 5.32 Å². The van der Waals surface area contributed by atoms with Crippen molar-refractivity contribution < 1.29 is 18.0 Å². The number of amides is 1. The van der Waals surface area contributed by atoms with Crippen molar-refractivity contribution in [3.63, 3.8) is 0 Å². The number of Topliss-reactive ketones (excluding diaryl/α,β-unsaturated/α-hetero) is 1. The smallest absolute Gasteiger partial charge is 0.261 e. The summed E-state index contributed by atoms with van der Waals surface area (Å²) in [6, 6.07) is 9.72. The predicted octanol–water partition coefficient (Wildman–Crippen LogP) is 4.07. The fourth-order valence-corrected chi connectivity index (χ4v) is 5.42. The zero-order chi connectivity index (χ0) is 22.9. The molecule has 7 nitrogen and oxygen atoms in total. The van der Waals surface area contributed by atoms with E-state index < -0.39 is 21.7 Å². The number of aryl methyl sites for hydroxylation is 2. The van der Waals surface area contributed by atoms with Crippen molar-refractivity contribution in [2.75, 3.05) is 4.72 Å². The van der Waals surface area contributed by atoms with E-state index >= 15 is 0 Å². The van der Waals surface area contributed by atoms with Crippen molar-refractivity contribution in [2.24, 2.45) is 10.9 Å². The first-order valence-electron chi connectivity index (χ1n) is 10.9. The predicted molar refractivity (Wildman–Crippen MR) is 124 cm³/mol. The van der Waals surface area contributed by atoms with Gasteiger partial charge in [0.05, 0.1) is 10.6 Å². The number of anilines is 1. The Bertz CT molecular complexity index is 1180. The topological polar surface area (TPSA) is 105 Å². The van der Waals surface area contributed by atoms with Crippen LogP contribution in [0.5, 0.6) is 0 Å². The molecule has 0 radical (unpaired) electrons.